The Hall–Kier alpha value is -2.15. The Labute approximate surface area is 135 Å². The van der Waals surface area contributed by atoms with Crippen molar-refractivity contribution < 1.29 is 23.8 Å². The number of hydrogen-bond acceptors (Lipinski definition) is 6. The van der Waals surface area contributed by atoms with Gasteiger partial charge in [-0.05, 0) is 32.9 Å². The monoisotopic (exact) mass is 322 g/mol. The Morgan fingerprint density at radius 2 is 2.22 bits per heavy atom. The van der Waals surface area contributed by atoms with Gasteiger partial charge >= 0.3 is 12.1 Å². The summed E-state index contributed by atoms with van der Waals surface area (Å²) in [5.41, 5.74) is -0.162. The first kappa shape index (κ1) is 17.2. The van der Waals surface area contributed by atoms with Gasteiger partial charge in [-0.15, -0.1) is 0 Å². The molecule has 1 aromatic rings. The van der Waals surface area contributed by atoms with Crippen LogP contribution in [0, 0.1) is 0 Å². The second-order valence-corrected chi connectivity index (χ2v) is 6.26. The van der Waals surface area contributed by atoms with Crippen molar-refractivity contribution in [2.45, 2.75) is 32.5 Å². The van der Waals surface area contributed by atoms with Crippen LogP contribution in [0.1, 0.15) is 31.1 Å². The summed E-state index contributed by atoms with van der Waals surface area (Å²) in [5.74, 6) is -0.462. The molecule has 0 aliphatic carbocycles. The average molecular weight is 322 g/mol. The zero-order chi connectivity index (χ0) is 16.9. The minimum atomic E-state index is -0.544. The topological polar surface area (TPSA) is 78.0 Å². The number of pyridine rings is 1. The average Bonchev–Trinajstić information content (AvgIpc) is 2.52. The highest BCUT2D eigenvalue weighted by atomic mass is 16.6. The van der Waals surface area contributed by atoms with Crippen molar-refractivity contribution in [2.75, 3.05) is 26.3 Å². The van der Waals surface area contributed by atoms with Crippen LogP contribution in [-0.2, 0) is 14.2 Å². The minimum absolute atomic E-state index is 0.0764. The lowest BCUT2D eigenvalue weighted by Gasteiger charge is -2.33. The van der Waals surface area contributed by atoms with E-state index in [0.29, 0.717) is 25.3 Å². The fraction of sp³-hybridized carbons (Fsp3) is 0.562. The maximum atomic E-state index is 12.1. The molecule has 0 radical (unpaired) electrons. The van der Waals surface area contributed by atoms with Gasteiger partial charge in [0.25, 0.3) is 0 Å². The Morgan fingerprint density at radius 1 is 1.43 bits per heavy atom. The third-order valence-corrected chi connectivity index (χ3v) is 3.09. The lowest BCUT2D eigenvalue weighted by atomic mass is 10.2. The summed E-state index contributed by atoms with van der Waals surface area (Å²) in [5, 5.41) is 0. The Kier molecular flexibility index (Phi) is 5.54. The zero-order valence-electron chi connectivity index (χ0n) is 13.7. The molecule has 1 atom stereocenters. The molecule has 1 saturated heterocycles. The Balaban J connectivity index is 1.82. The molecule has 1 aliphatic rings. The molecule has 2 heterocycles. The molecular formula is C16H22N2O5. The zero-order valence-corrected chi connectivity index (χ0v) is 13.7. The van der Waals surface area contributed by atoms with E-state index in [2.05, 4.69) is 4.98 Å². The van der Waals surface area contributed by atoms with Crippen LogP contribution < -0.4 is 0 Å². The predicted molar refractivity (Wildman–Crippen MR) is 82.1 cm³/mol. The number of carbonyl (C=O) groups excluding carboxylic acids is 2. The van der Waals surface area contributed by atoms with Crippen molar-refractivity contribution in [1.82, 2.24) is 9.88 Å². The van der Waals surface area contributed by atoms with Gasteiger partial charge < -0.3 is 19.1 Å². The maximum absolute atomic E-state index is 12.1. The molecule has 7 heteroatoms. The number of nitrogens with zero attached hydrogens (tertiary/aromatic N) is 2. The number of hydrogen-bond donors (Lipinski definition) is 0. The molecule has 1 aliphatic heterocycles. The molecule has 0 spiro atoms. The van der Waals surface area contributed by atoms with Gasteiger partial charge in [-0.1, -0.05) is 0 Å². The van der Waals surface area contributed by atoms with Gasteiger partial charge in [0.05, 0.1) is 18.7 Å². The van der Waals surface area contributed by atoms with Gasteiger partial charge in [0, 0.05) is 18.9 Å². The van der Waals surface area contributed by atoms with E-state index in [1.165, 1.54) is 6.20 Å². The number of morpholine rings is 1. The lowest BCUT2D eigenvalue weighted by molar-refractivity contribution is -0.0638. The van der Waals surface area contributed by atoms with Gasteiger partial charge in [-0.25, -0.2) is 9.59 Å². The number of rotatable bonds is 3. The second-order valence-electron chi connectivity index (χ2n) is 6.26. The van der Waals surface area contributed by atoms with Crippen LogP contribution in [-0.4, -0.2) is 60.0 Å². The van der Waals surface area contributed by atoms with E-state index in [-0.39, 0.29) is 18.8 Å². The van der Waals surface area contributed by atoms with Crippen LogP contribution in [0.15, 0.2) is 24.5 Å². The summed E-state index contributed by atoms with van der Waals surface area (Å²) < 4.78 is 16.1. The Morgan fingerprint density at radius 3 is 2.87 bits per heavy atom. The molecular weight excluding hydrogens is 300 g/mol. The SMILES string of the molecule is CC(C)(C)OC(=O)N1CCO[C@H](COC(=O)c2cccnc2)C1. The normalized spacial score (nSPS) is 18.4. The largest absolute Gasteiger partial charge is 0.459 e. The molecule has 0 unspecified atom stereocenters. The highest BCUT2D eigenvalue weighted by Crippen LogP contribution is 2.13. The van der Waals surface area contributed by atoms with Crippen LogP contribution in [0.3, 0.4) is 0 Å². The third kappa shape index (κ3) is 5.52. The van der Waals surface area contributed by atoms with Crippen molar-refractivity contribution in [1.29, 1.82) is 0 Å². The van der Waals surface area contributed by atoms with E-state index >= 15 is 0 Å². The fourth-order valence-corrected chi connectivity index (χ4v) is 2.05. The first-order chi connectivity index (χ1) is 10.8. The molecule has 0 aromatic carbocycles. The number of amides is 1. The molecule has 1 amide bonds. The minimum Gasteiger partial charge on any atom is -0.459 e. The van der Waals surface area contributed by atoms with Crippen LogP contribution in [0.5, 0.6) is 0 Å². The summed E-state index contributed by atoms with van der Waals surface area (Å²) in [6.07, 6.45) is 2.28. The molecule has 1 fully saturated rings. The first-order valence-corrected chi connectivity index (χ1v) is 7.52. The van der Waals surface area contributed by atoms with Gasteiger partial charge in [0.15, 0.2) is 0 Å². The summed E-state index contributed by atoms with van der Waals surface area (Å²) in [6, 6.07) is 3.29. The smallest absolute Gasteiger partial charge is 0.410 e. The number of esters is 1. The van der Waals surface area contributed by atoms with Crippen molar-refractivity contribution in [3.63, 3.8) is 0 Å². The van der Waals surface area contributed by atoms with Crippen molar-refractivity contribution >= 4 is 12.1 Å². The van der Waals surface area contributed by atoms with Gasteiger partial charge in [0.1, 0.15) is 18.3 Å². The molecule has 0 N–H and O–H groups in total. The van der Waals surface area contributed by atoms with Crippen LogP contribution in [0.4, 0.5) is 4.79 Å². The van der Waals surface area contributed by atoms with E-state index in [0.717, 1.165) is 0 Å². The van der Waals surface area contributed by atoms with Crippen LogP contribution in [0.25, 0.3) is 0 Å². The third-order valence-electron chi connectivity index (χ3n) is 3.09. The van der Waals surface area contributed by atoms with E-state index in [1.54, 1.807) is 23.2 Å². The van der Waals surface area contributed by atoms with E-state index in [9.17, 15) is 9.59 Å². The predicted octanol–water partition coefficient (Wildman–Crippen LogP) is 1.87. The van der Waals surface area contributed by atoms with Crippen LogP contribution in [0.2, 0.25) is 0 Å². The molecule has 7 nitrogen and oxygen atoms in total. The summed E-state index contributed by atoms with van der Waals surface area (Å²) in [6.45, 7) is 6.70. The molecule has 23 heavy (non-hydrogen) atoms. The van der Waals surface area contributed by atoms with Crippen LogP contribution >= 0.6 is 0 Å². The van der Waals surface area contributed by atoms with E-state index in [4.69, 9.17) is 14.2 Å². The molecule has 1 aromatic heterocycles. The van der Waals surface area contributed by atoms with Crippen molar-refractivity contribution in [3.05, 3.63) is 30.1 Å². The van der Waals surface area contributed by atoms with Gasteiger partial charge in [-0.2, -0.15) is 0 Å². The maximum Gasteiger partial charge on any atom is 0.410 e. The van der Waals surface area contributed by atoms with Crippen molar-refractivity contribution in [2.24, 2.45) is 0 Å². The number of aromatic nitrogens is 1. The first-order valence-electron chi connectivity index (χ1n) is 7.52. The number of carbonyl (C=O) groups is 2. The van der Waals surface area contributed by atoms with E-state index in [1.807, 2.05) is 20.8 Å². The molecule has 0 saturated carbocycles. The summed E-state index contributed by atoms with van der Waals surface area (Å²) >= 11 is 0. The molecule has 2 rings (SSSR count). The number of ether oxygens (including phenoxy) is 3. The van der Waals surface area contributed by atoms with Gasteiger partial charge in [0.2, 0.25) is 0 Å². The quantitative estimate of drug-likeness (QED) is 0.791. The van der Waals surface area contributed by atoms with Crippen molar-refractivity contribution in [3.8, 4) is 0 Å². The lowest BCUT2D eigenvalue weighted by Crippen LogP contribution is -2.49. The summed E-state index contributed by atoms with van der Waals surface area (Å²) in [7, 11) is 0. The molecule has 0 bridgehead atoms. The fourth-order valence-electron chi connectivity index (χ4n) is 2.05. The van der Waals surface area contributed by atoms with Gasteiger partial charge in [-0.3, -0.25) is 4.98 Å². The second kappa shape index (κ2) is 7.41. The highest BCUT2D eigenvalue weighted by molar-refractivity contribution is 5.88. The Bertz CT molecular complexity index is 541. The highest BCUT2D eigenvalue weighted by Gasteiger charge is 2.28. The molecule has 126 valence electrons. The standard InChI is InChI=1S/C16H22N2O5/c1-16(2,3)23-15(20)18-7-8-21-13(10-18)11-22-14(19)12-5-4-6-17-9-12/h4-6,9,13H,7-8,10-11H2,1-3H3/t13-/m0/s1. The van der Waals surface area contributed by atoms with E-state index < -0.39 is 11.6 Å². The summed E-state index contributed by atoms with van der Waals surface area (Å²) in [4.78, 5) is 29.4.